The van der Waals surface area contributed by atoms with Gasteiger partial charge in [0.15, 0.2) is 0 Å². The molecule has 294 valence electrons. The first kappa shape index (κ1) is 39.3. The van der Waals surface area contributed by atoms with Gasteiger partial charge in [0, 0.05) is 92.2 Å². The third-order valence-electron chi connectivity index (χ3n) is 11.8. The average Bonchev–Trinajstić information content (AvgIpc) is 3.75. The van der Waals surface area contributed by atoms with E-state index in [4.69, 9.17) is 5.10 Å². The highest BCUT2D eigenvalue weighted by Crippen LogP contribution is 2.40. The standard InChI is InChI=1S/C40H53F3N6O3S2/c1-54(51,52)47-24-16-36-34(29-47)39(44-49(36)19-6-17-45-22-14-33(15-23-45)48-18-5-9-38(48)50)32-10-11-35(40(41,42)43)37(28-32)53-26-25-46-20-12-31(13-21-46)27-30-7-3-2-4-8-30/h2-4,7-8,10-11,28,31,33H,5-6,9,12-27,29H2,1H3. The lowest BCUT2D eigenvalue weighted by molar-refractivity contribution is -0.139. The van der Waals surface area contributed by atoms with Crippen LogP contribution in [0.25, 0.3) is 11.3 Å². The van der Waals surface area contributed by atoms with Crippen LogP contribution in [0.3, 0.4) is 0 Å². The van der Waals surface area contributed by atoms with Crippen LogP contribution in [0.4, 0.5) is 13.2 Å². The Morgan fingerprint density at radius 2 is 1.59 bits per heavy atom. The number of halogens is 3. The summed E-state index contributed by atoms with van der Waals surface area (Å²) in [7, 11) is -3.47. The number of alkyl halides is 3. The van der Waals surface area contributed by atoms with E-state index in [1.54, 1.807) is 6.07 Å². The molecule has 4 aliphatic heterocycles. The number of rotatable bonds is 13. The van der Waals surface area contributed by atoms with Crippen molar-refractivity contribution in [2.75, 3.05) is 64.4 Å². The number of fused-ring (bicyclic) bond motifs is 1. The lowest BCUT2D eigenvalue weighted by Crippen LogP contribution is -2.45. The van der Waals surface area contributed by atoms with Gasteiger partial charge >= 0.3 is 6.18 Å². The highest BCUT2D eigenvalue weighted by atomic mass is 32.2. The molecule has 14 heteroatoms. The van der Waals surface area contributed by atoms with Crippen LogP contribution < -0.4 is 0 Å². The highest BCUT2D eigenvalue weighted by molar-refractivity contribution is 7.99. The van der Waals surface area contributed by atoms with Crippen LogP contribution in [0.5, 0.6) is 0 Å². The summed E-state index contributed by atoms with van der Waals surface area (Å²) in [5.74, 6) is 1.45. The second-order valence-electron chi connectivity index (χ2n) is 15.5. The maximum atomic E-state index is 14.3. The van der Waals surface area contributed by atoms with E-state index in [1.165, 1.54) is 34.0 Å². The molecule has 3 aromatic rings. The molecule has 0 unspecified atom stereocenters. The van der Waals surface area contributed by atoms with Gasteiger partial charge < -0.3 is 14.7 Å². The minimum absolute atomic E-state index is 0.149. The fourth-order valence-corrected chi connectivity index (χ4v) is 10.7. The minimum Gasteiger partial charge on any atom is -0.340 e. The Morgan fingerprint density at radius 3 is 2.28 bits per heavy atom. The summed E-state index contributed by atoms with van der Waals surface area (Å²) in [4.78, 5) is 19.3. The molecular formula is C40H53F3N6O3S2. The number of nitrogens with zero attached hydrogens (tertiary/aromatic N) is 6. The molecule has 3 saturated heterocycles. The zero-order valence-corrected chi connectivity index (χ0v) is 32.9. The van der Waals surface area contributed by atoms with Gasteiger partial charge in [0.25, 0.3) is 0 Å². The van der Waals surface area contributed by atoms with Crippen LogP contribution in [0, 0.1) is 5.92 Å². The van der Waals surface area contributed by atoms with Gasteiger partial charge in [0.2, 0.25) is 15.9 Å². The number of aromatic nitrogens is 2. The van der Waals surface area contributed by atoms with Crippen molar-refractivity contribution in [3.05, 3.63) is 70.9 Å². The quantitative estimate of drug-likeness (QED) is 0.186. The molecule has 0 bridgehead atoms. The van der Waals surface area contributed by atoms with Gasteiger partial charge in [0.05, 0.1) is 17.5 Å². The molecular weight excluding hydrogens is 734 g/mol. The molecule has 2 aromatic carbocycles. The molecule has 4 aliphatic rings. The maximum Gasteiger partial charge on any atom is 0.417 e. The number of hydrogen-bond acceptors (Lipinski definition) is 7. The molecule has 0 atom stereocenters. The normalized spacial score (nSPS) is 20.2. The van der Waals surface area contributed by atoms with E-state index >= 15 is 0 Å². The Morgan fingerprint density at radius 1 is 0.870 bits per heavy atom. The number of carbonyl (C=O) groups excluding carboxylic acids is 1. The number of sulfonamides is 1. The van der Waals surface area contributed by atoms with Crippen LogP contribution in [0.1, 0.15) is 67.3 Å². The summed E-state index contributed by atoms with van der Waals surface area (Å²) in [5.41, 5.74) is 3.58. The smallest absolute Gasteiger partial charge is 0.340 e. The molecule has 3 fully saturated rings. The number of benzene rings is 2. The van der Waals surface area contributed by atoms with Crippen molar-refractivity contribution >= 4 is 27.7 Å². The molecule has 0 N–H and O–H groups in total. The van der Waals surface area contributed by atoms with Crippen LogP contribution >= 0.6 is 11.8 Å². The van der Waals surface area contributed by atoms with E-state index in [9.17, 15) is 26.4 Å². The molecule has 0 spiro atoms. The number of thioether (sulfide) groups is 1. The monoisotopic (exact) mass is 786 g/mol. The summed E-state index contributed by atoms with van der Waals surface area (Å²) >= 11 is 1.24. The first-order chi connectivity index (χ1) is 25.9. The summed E-state index contributed by atoms with van der Waals surface area (Å²) in [6.07, 6.45) is 4.86. The number of carbonyl (C=O) groups is 1. The van der Waals surface area contributed by atoms with Gasteiger partial charge in [0.1, 0.15) is 0 Å². The van der Waals surface area contributed by atoms with E-state index in [0.29, 0.717) is 61.4 Å². The number of likely N-dealkylation sites (tertiary alicyclic amines) is 3. The van der Waals surface area contributed by atoms with Gasteiger partial charge in [-0.1, -0.05) is 36.4 Å². The van der Waals surface area contributed by atoms with Crippen molar-refractivity contribution in [2.24, 2.45) is 5.92 Å². The molecule has 1 aromatic heterocycles. The van der Waals surface area contributed by atoms with Crippen LogP contribution in [-0.2, 0) is 46.9 Å². The summed E-state index contributed by atoms with van der Waals surface area (Å²) in [5, 5.41) is 4.99. The zero-order chi connectivity index (χ0) is 37.9. The molecule has 5 heterocycles. The Labute approximate surface area is 322 Å². The Hall–Kier alpha value is -2.91. The van der Waals surface area contributed by atoms with Crippen molar-refractivity contribution in [1.29, 1.82) is 0 Å². The van der Waals surface area contributed by atoms with Crippen molar-refractivity contribution in [3.8, 4) is 11.3 Å². The number of piperidine rings is 2. The molecule has 7 rings (SSSR count). The number of hydrogen-bond donors (Lipinski definition) is 0. The largest absolute Gasteiger partial charge is 0.417 e. The van der Waals surface area contributed by atoms with Crippen LogP contribution in [0.2, 0.25) is 0 Å². The molecule has 9 nitrogen and oxygen atoms in total. The van der Waals surface area contributed by atoms with Gasteiger partial charge in [-0.05, 0) is 88.2 Å². The van der Waals surface area contributed by atoms with Gasteiger partial charge in [-0.2, -0.15) is 22.6 Å². The van der Waals surface area contributed by atoms with Crippen molar-refractivity contribution in [3.63, 3.8) is 0 Å². The SMILES string of the molecule is CS(=O)(=O)N1CCc2c(c(-c3ccc(C(F)(F)F)c(SCCN4CCC(Cc5ccccc5)CC4)c3)nn2CCCN2CCC(N3CCCC3=O)CC2)C1. The number of amides is 1. The molecule has 54 heavy (non-hydrogen) atoms. The molecule has 0 aliphatic carbocycles. The Balaban J connectivity index is 1.02. The fraction of sp³-hybridized carbons (Fsp3) is 0.600. The van der Waals surface area contributed by atoms with E-state index in [1.807, 2.05) is 10.7 Å². The average molecular weight is 787 g/mol. The maximum absolute atomic E-state index is 14.3. The zero-order valence-electron chi connectivity index (χ0n) is 31.3. The van der Waals surface area contributed by atoms with E-state index < -0.39 is 21.8 Å². The van der Waals surface area contributed by atoms with Crippen molar-refractivity contribution < 1.29 is 26.4 Å². The van der Waals surface area contributed by atoms with E-state index in [0.717, 1.165) is 102 Å². The van der Waals surface area contributed by atoms with Crippen molar-refractivity contribution in [2.45, 2.75) is 88.0 Å². The molecule has 0 radical (unpaired) electrons. The second-order valence-corrected chi connectivity index (χ2v) is 18.6. The predicted molar refractivity (Wildman–Crippen MR) is 207 cm³/mol. The number of aryl methyl sites for hydroxylation is 1. The van der Waals surface area contributed by atoms with Gasteiger partial charge in [-0.25, -0.2) is 8.42 Å². The van der Waals surface area contributed by atoms with Gasteiger partial charge in [-0.3, -0.25) is 9.48 Å². The van der Waals surface area contributed by atoms with E-state index in [2.05, 4.69) is 39.0 Å². The third kappa shape index (κ3) is 9.54. The second kappa shape index (κ2) is 17.1. The summed E-state index contributed by atoms with van der Waals surface area (Å²) in [6.45, 7) is 7.38. The topological polar surface area (TPSA) is 82.0 Å². The van der Waals surface area contributed by atoms with Crippen LogP contribution in [0.15, 0.2) is 53.4 Å². The highest BCUT2D eigenvalue weighted by Gasteiger charge is 2.35. The fourth-order valence-electron chi connectivity index (χ4n) is 8.79. The van der Waals surface area contributed by atoms with Crippen molar-refractivity contribution in [1.82, 2.24) is 28.8 Å². The lowest BCUT2D eigenvalue weighted by Gasteiger charge is -2.36. The first-order valence-corrected chi connectivity index (χ1v) is 22.4. The first-order valence-electron chi connectivity index (χ1n) is 19.6. The van der Waals surface area contributed by atoms with Gasteiger partial charge in [-0.15, -0.1) is 11.8 Å². The Bertz CT molecular complexity index is 1860. The molecule has 0 saturated carbocycles. The minimum atomic E-state index is -4.50. The summed E-state index contributed by atoms with van der Waals surface area (Å²) in [6, 6.07) is 15.1. The molecule has 1 amide bonds. The Kier molecular flexibility index (Phi) is 12.4. The summed E-state index contributed by atoms with van der Waals surface area (Å²) < 4.78 is 71.6. The third-order valence-corrected chi connectivity index (χ3v) is 14.1. The van der Waals surface area contributed by atoms with Crippen LogP contribution in [-0.4, -0.2) is 114 Å². The van der Waals surface area contributed by atoms with E-state index in [-0.39, 0.29) is 17.3 Å². The lowest BCUT2D eigenvalue weighted by atomic mass is 9.90. The predicted octanol–water partition coefficient (Wildman–Crippen LogP) is 6.41.